The van der Waals surface area contributed by atoms with Gasteiger partial charge in [0, 0.05) is 37.2 Å². The summed E-state index contributed by atoms with van der Waals surface area (Å²) in [5.41, 5.74) is 3.00. The lowest BCUT2D eigenvalue weighted by atomic mass is 10.1. The number of thioether (sulfide) groups is 1. The predicted octanol–water partition coefficient (Wildman–Crippen LogP) is 2.53. The van der Waals surface area contributed by atoms with E-state index in [1.165, 1.54) is 5.56 Å². The van der Waals surface area contributed by atoms with Crippen molar-refractivity contribution in [1.82, 2.24) is 15.5 Å². The number of carbonyl (C=O) groups is 2. The highest BCUT2D eigenvalue weighted by Gasteiger charge is 2.08. The number of benzene rings is 2. The molecule has 0 aliphatic rings. The minimum atomic E-state index is -0.0978. The molecule has 0 unspecified atom stereocenters. The third-order valence-electron chi connectivity index (χ3n) is 3.99. The highest BCUT2D eigenvalue weighted by molar-refractivity contribution is 7.98. The van der Waals surface area contributed by atoms with Gasteiger partial charge in [-0.15, -0.1) is 0 Å². The molecule has 2 N–H and O–H groups in total. The first kappa shape index (κ1) is 21.0. The number of amides is 2. The van der Waals surface area contributed by atoms with Crippen molar-refractivity contribution in [1.29, 1.82) is 0 Å². The van der Waals surface area contributed by atoms with Gasteiger partial charge in [0.25, 0.3) is 5.91 Å². The number of likely N-dealkylation sites (N-methyl/N-ethyl adjacent to an activating group) is 1. The van der Waals surface area contributed by atoms with Crippen molar-refractivity contribution in [2.75, 3.05) is 32.9 Å². The minimum absolute atomic E-state index is 0.0276. The molecule has 0 saturated carbocycles. The number of carbonyl (C=O) groups excluding carboxylic acids is 2. The summed E-state index contributed by atoms with van der Waals surface area (Å²) in [5.74, 6) is 1.78. The second kappa shape index (κ2) is 11.4. The monoisotopic (exact) mass is 385 g/mol. The summed E-state index contributed by atoms with van der Waals surface area (Å²) >= 11 is 1.81. The van der Waals surface area contributed by atoms with Crippen molar-refractivity contribution in [3.63, 3.8) is 0 Å². The van der Waals surface area contributed by atoms with Gasteiger partial charge in [0.2, 0.25) is 5.91 Å². The molecule has 0 saturated heterocycles. The molecule has 2 aromatic rings. The van der Waals surface area contributed by atoms with E-state index in [0.29, 0.717) is 25.2 Å². The minimum Gasteiger partial charge on any atom is -0.355 e. The van der Waals surface area contributed by atoms with Crippen molar-refractivity contribution in [2.24, 2.45) is 0 Å². The van der Waals surface area contributed by atoms with Crippen LogP contribution in [-0.2, 0) is 17.1 Å². The first-order valence-electron chi connectivity index (χ1n) is 8.96. The van der Waals surface area contributed by atoms with E-state index in [9.17, 15) is 9.59 Å². The van der Waals surface area contributed by atoms with Crippen LogP contribution in [0.5, 0.6) is 0 Å². The first-order valence-corrected chi connectivity index (χ1v) is 10.1. The van der Waals surface area contributed by atoms with Crippen molar-refractivity contribution < 1.29 is 9.59 Å². The molecule has 2 aromatic carbocycles. The van der Waals surface area contributed by atoms with Crippen LogP contribution < -0.4 is 10.6 Å². The Morgan fingerprint density at radius 2 is 1.70 bits per heavy atom. The van der Waals surface area contributed by atoms with E-state index in [2.05, 4.69) is 22.8 Å². The normalized spacial score (nSPS) is 10.6. The standard InChI is InChI=1S/C21H27N3O2S/c1-22-21(26)19-10-8-17(9-11-19)14-24(2)15-20(25)23-12-13-27-16-18-6-4-3-5-7-18/h3-11H,12-16H2,1-2H3,(H,22,26)(H,23,25). The van der Waals surface area contributed by atoms with Gasteiger partial charge in [0.15, 0.2) is 0 Å². The summed E-state index contributed by atoms with van der Waals surface area (Å²) in [6.07, 6.45) is 0. The summed E-state index contributed by atoms with van der Waals surface area (Å²) in [5, 5.41) is 5.56. The maximum Gasteiger partial charge on any atom is 0.251 e. The van der Waals surface area contributed by atoms with E-state index < -0.39 is 0 Å². The number of hydrogen-bond acceptors (Lipinski definition) is 4. The van der Waals surface area contributed by atoms with E-state index in [1.54, 1.807) is 19.2 Å². The molecule has 0 bridgehead atoms. The van der Waals surface area contributed by atoms with Gasteiger partial charge in [-0.3, -0.25) is 14.5 Å². The Hall–Kier alpha value is -2.31. The van der Waals surface area contributed by atoms with Crippen LogP contribution in [0.15, 0.2) is 54.6 Å². The molecule has 0 radical (unpaired) electrons. The second-order valence-corrected chi connectivity index (χ2v) is 7.44. The fourth-order valence-corrected chi connectivity index (χ4v) is 3.42. The van der Waals surface area contributed by atoms with Crippen LogP contribution >= 0.6 is 11.8 Å². The molecule has 0 atom stereocenters. The molecule has 0 heterocycles. The zero-order valence-corrected chi connectivity index (χ0v) is 16.7. The second-order valence-electron chi connectivity index (χ2n) is 6.34. The summed E-state index contributed by atoms with van der Waals surface area (Å²) in [6.45, 7) is 1.68. The van der Waals surface area contributed by atoms with E-state index in [-0.39, 0.29) is 11.8 Å². The molecule has 0 spiro atoms. The fraction of sp³-hybridized carbons (Fsp3) is 0.333. The number of nitrogens with zero attached hydrogens (tertiary/aromatic N) is 1. The average molecular weight is 386 g/mol. The van der Waals surface area contributed by atoms with Gasteiger partial charge < -0.3 is 10.6 Å². The molecule has 2 rings (SSSR count). The summed E-state index contributed by atoms with van der Waals surface area (Å²) in [6, 6.07) is 17.8. The lowest BCUT2D eigenvalue weighted by Gasteiger charge is -2.16. The van der Waals surface area contributed by atoms with Crippen LogP contribution in [-0.4, -0.2) is 49.7 Å². The summed E-state index contributed by atoms with van der Waals surface area (Å²) in [4.78, 5) is 25.5. The molecule has 0 aromatic heterocycles. The van der Waals surface area contributed by atoms with Crippen molar-refractivity contribution >= 4 is 23.6 Å². The van der Waals surface area contributed by atoms with Crippen LogP contribution in [0.25, 0.3) is 0 Å². The van der Waals surface area contributed by atoms with Crippen LogP contribution in [0, 0.1) is 0 Å². The SMILES string of the molecule is CNC(=O)c1ccc(CN(C)CC(=O)NCCSCc2ccccc2)cc1. The zero-order chi connectivity index (χ0) is 19.5. The highest BCUT2D eigenvalue weighted by Crippen LogP contribution is 2.10. The molecule has 5 nitrogen and oxygen atoms in total. The zero-order valence-electron chi connectivity index (χ0n) is 15.9. The van der Waals surface area contributed by atoms with Gasteiger partial charge in [-0.1, -0.05) is 42.5 Å². The maximum atomic E-state index is 12.0. The molecule has 27 heavy (non-hydrogen) atoms. The molecule has 2 amide bonds. The van der Waals surface area contributed by atoms with Crippen molar-refractivity contribution in [3.05, 3.63) is 71.3 Å². The van der Waals surface area contributed by atoms with Gasteiger partial charge in [-0.05, 0) is 30.3 Å². The lowest BCUT2D eigenvalue weighted by molar-refractivity contribution is -0.121. The van der Waals surface area contributed by atoms with Crippen LogP contribution in [0.1, 0.15) is 21.5 Å². The van der Waals surface area contributed by atoms with Gasteiger partial charge in [0.1, 0.15) is 0 Å². The maximum absolute atomic E-state index is 12.0. The Morgan fingerprint density at radius 3 is 2.37 bits per heavy atom. The Balaban J connectivity index is 1.62. The number of hydrogen-bond donors (Lipinski definition) is 2. The molecular weight excluding hydrogens is 358 g/mol. The van der Waals surface area contributed by atoms with Gasteiger partial charge >= 0.3 is 0 Å². The molecule has 144 valence electrons. The van der Waals surface area contributed by atoms with E-state index in [4.69, 9.17) is 0 Å². The molecule has 0 aliphatic carbocycles. The smallest absolute Gasteiger partial charge is 0.251 e. The predicted molar refractivity (Wildman–Crippen MR) is 112 cm³/mol. The fourth-order valence-electron chi connectivity index (χ4n) is 2.60. The van der Waals surface area contributed by atoms with Gasteiger partial charge in [-0.2, -0.15) is 11.8 Å². The highest BCUT2D eigenvalue weighted by atomic mass is 32.2. The third-order valence-corrected chi connectivity index (χ3v) is 5.02. The average Bonchev–Trinajstić information content (AvgIpc) is 2.68. The lowest BCUT2D eigenvalue weighted by Crippen LogP contribution is -2.35. The number of nitrogens with one attached hydrogen (secondary N) is 2. The van der Waals surface area contributed by atoms with Crippen LogP contribution in [0.3, 0.4) is 0 Å². The molecule has 6 heteroatoms. The van der Waals surface area contributed by atoms with E-state index >= 15 is 0 Å². The molecule has 0 aliphatic heterocycles. The van der Waals surface area contributed by atoms with E-state index in [0.717, 1.165) is 17.1 Å². The molecule has 0 fully saturated rings. The van der Waals surface area contributed by atoms with E-state index in [1.807, 2.05) is 54.0 Å². The Kier molecular flexibility index (Phi) is 8.87. The number of rotatable bonds is 10. The van der Waals surface area contributed by atoms with Crippen LogP contribution in [0.4, 0.5) is 0 Å². The van der Waals surface area contributed by atoms with Crippen molar-refractivity contribution in [2.45, 2.75) is 12.3 Å². The Morgan fingerprint density at radius 1 is 1.00 bits per heavy atom. The molecular formula is C21H27N3O2S. The Labute approximate surface area is 165 Å². The summed E-state index contributed by atoms with van der Waals surface area (Å²) < 4.78 is 0. The third kappa shape index (κ3) is 7.85. The van der Waals surface area contributed by atoms with Crippen LogP contribution in [0.2, 0.25) is 0 Å². The summed E-state index contributed by atoms with van der Waals surface area (Å²) in [7, 11) is 3.53. The Bertz CT molecular complexity index is 720. The van der Waals surface area contributed by atoms with Gasteiger partial charge in [-0.25, -0.2) is 0 Å². The quantitative estimate of drug-likeness (QED) is 0.617. The van der Waals surface area contributed by atoms with Gasteiger partial charge in [0.05, 0.1) is 6.54 Å². The largest absolute Gasteiger partial charge is 0.355 e. The first-order chi connectivity index (χ1) is 13.1. The topological polar surface area (TPSA) is 61.4 Å². The van der Waals surface area contributed by atoms with Crippen molar-refractivity contribution in [3.8, 4) is 0 Å².